The number of piperidine rings is 1. The fourth-order valence-electron chi connectivity index (χ4n) is 3.08. The maximum Gasteiger partial charge on any atom is 0.243 e. The van der Waals surface area contributed by atoms with E-state index in [9.17, 15) is 13.2 Å². The zero-order valence-electron chi connectivity index (χ0n) is 16.6. The van der Waals surface area contributed by atoms with Crippen LogP contribution < -0.4 is 10.1 Å². The van der Waals surface area contributed by atoms with Crippen LogP contribution in [0.15, 0.2) is 23.1 Å². The summed E-state index contributed by atoms with van der Waals surface area (Å²) in [6.07, 6.45) is 2.20. The number of halogens is 1. The summed E-state index contributed by atoms with van der Waals surface area (Å²) >= 11 is 6.07. The van der Waals surface area contributed by atoms with Gasteiger partial charge in [-0.15, -0.1) is 0 Å². The molecule has 0 bridgehead atoms. The third-order valence-corrected chi connectivity index (χ3v) is 6.74. The standard InChI is InChI=1S/C19H29ClN2O5S/c1-14(2)27-11-5-9-21-19(23)15-6-4-10-22(13-15)28(24,25)16-7-8-18(26-3)17(20)12-16/h7-8,12,14-15H,4-6,9-11,13H2,1-3H3,(H,21,23)/t15-/m1/s1. The summed E-state index contributed by atoms with van der Waals surface area (Å²) in [5, 5.41) is 3.12. The van der Waals surface area contributed by atoms with E-state index in [1.807, 2.05) is 13.8 Å². The lowest BCUT2D eigenvalue weighted by atomic mass is 9.99. The summed E-state index contributed by atoms with van der Waals surface area (Å²) < 4.78 is 37.8. The van der Waals surface area contributed by atoms with Gasteiger partial charge in [0.05, 0.1) is 29.0 Å². The van der Waals surface area contributed by atoms with Crippen molar-refractivity contribution in [3.63, 3.8) is 0 Å². The topological polar surface area (TPSA) is 84.9 Å². The highest BCUT2D eigenvalue weighted by molar-refractivity contribution is 7.89. The fraction of sp³-hybridized carbons (Fsp3) is 0.632. The van der Waals surface area contributed by atoms with Gasteiger partial charge in [-0.3, -0.25) is 4.79 Å². The molecule has 158 valence electrons. The molecule has 28 heavy (non-hydrogen) atoms. The molecule has 1 amide bonds. The first-order chi connectivity index (χ1) is 13.3. The van der Waals surface area contributed by atoms with Crippen LogP contribution in [0.3, 0.4) is 0 Å². The number of nitrogens with zero attached hydrogens (tertiary/aromatic N) is 1. The quantitative estimate of drug-likeness (QED) is 0.606. The molecule has 1 aliphatic rings. The van der Waals surface area contributed by atoms with Gasteiger partial charge in [0.25, 0.3) is 0 Å². The molecule has 0 spiro atoms. The van der Waals surface area contributed by atoms with Gasteiger partial charge in [0.15, 0.2) is 0 Å². The van der Waals surface area contributed by atoms with Gasteiger partial charge in [-0.1, -0.05) is 11.6 Å². The van der Waals surface area contributed by atoms with Gasteiger partial charge >= 0.3 is 0 Å². The van der Waals surface area contributed by atoms with E-state index in [0.717, 1.165) is 6.42 Å². The molecule has 1 atom stereocenters. The molecule has 1 fully saturated rings. The number of amides is 1. The maximum absolute atomic E-state index is 12.9. The Morgan fingerprint density at radius 2 is 2.14 bits per heavy atom. The van der Waals surface area contributed by atoms with E-state index in [2.05, 4.69) is 5.32 Å². The van der Waals surface area contributed by atoms with Crippen molar-refractivity contribution in [3.05, 3.63) is 23.2 Å². The van der Waals surface area contributed by atoms with E-state index < -0.39 is 10.0 Å². The lowest BCUT2D eigenvalue weighted by Gasteiger charge is -2.31. The summed E-state index contributed by atoms with van der Waals surface area (Å²) in [5.41, 5.74) is 0. The van der Waals surface area contributed by atoms with Crippen molar-refractivity contribution in [1.82, 2.24) is 9.62 Å². The summed E-state index contributed by atoms with van der Waals surface area (Å²) in [7, 11) is -2.25. The largest absolute Gasteiger partial charge is 0.495 e. The monoisotopic (exact) mass is 432 g/mol. The number of nitrogens with one attached hydrogen (secondary N) is 1. The van der Waals surface area contributed by atoms with E-state index in [4.69, 9.17) is 21.1 Å². The molecule has 1 heterocycles. The Labute approximate surface area is 172 Å². The molecule has 0 aliphatic carbocycles. The lowest BCUT2D eigenvalue weighted by Crippen LogP contribution is -2.45. The van der Waals surface area contributed by atoms with Crippen molar-refractivity contribution in [2.24, 2.45) is 5.92 Å². The molecular weight excluding hydrogens is 404 g/mol. The molecule has 0 saturated carbocycles. The van der Waals surface area contributed by atoms with Crippen LogP contribution in [0.5, 0.6) is 5.75 Å². The van der Waals surface area contributed by atoms with Crippen LogP contribution in [0, 0.1) is 5.92 Å². The van der Waals surface area contributed by atoms with Crippen molar-refractivity contribution in [2.75, 3.05) is 33.4 Å². The molecule has 1 saturated heterocycles. The van der Waals surface area contributed by atoms with Crippen LogP contribution in [0.4, 0.5) is 0 Å². The normalized spacial score (nSPS) is 18.2. The van der Waals surface area contributed by atoms with Gasteiger partial charge in [0, 0.05) is 26.2 Å². The Balaban J connectivity index is 1.96. The molecule has 0 unspecified atom stereocenters. The van der Waals surface area contributed by atoms with Crippen molar-refractivity contribution in [1.29, 1.82) is 0 Å². The average Bonchev–Trinajstić information content (AvgIpc) is 2.67. The molecule has 1 N–H and O–H groups in total. The van der Waals surface area contributed by atoms with Crippen molar-refractivity contribution >= 4 is 27.5 Å². The summed E-state index contributed by atoms with van der Waals surface area (Å²) in [4.78, 5) is 12.5. The number of hydrogen-bond acceptors (Lipinski definition) is 5. The zero-order valence-corrected chi connectivity index (χ0v) is 18.2. The number of carbonyl (C=O) groups excluding carboxylic acids is 1. The predicted octanol–water partition coefficient (Wildman–Crippen LogP) is 2.68. The van der Waals surface area contributed by atoms with Crippen LogP contribution >= 0.6 is 11.6 Å². The van der Waals surface area contributed by atoms with Crippen LogP contribution in [-0.4, -0.2) is 58.1 Å². The van der Waals surface area contributed by atoms with Gasteiger partial charge in [0.2, 0.25) is 15.9 Å². The first-order valence-corrected chi connectivity index (χ1v) is 11.3. The number of ether oxygens (including phenoxy) is 2. The maximum atomic E-state index is 12.9. The van der Waals surface area contributed by atoms with Gasteiger partial charge in [-0.05, 0) is 51.3 Å². The second kappa shape index (κ2) is 10.4. The lowest BCUT2D eigenvalue weighted by molar-refractivity contribution is -0.126. The first kappa shape index (κ1) is 22.9. The molecule has 1 aromatic rings. The number of hydrogen-bond donors (Lipinski definition) is 1. The van der Waals surface area contributed by atoms with Gasteiger partial charge in [0.1, 0.15) is 5.75 Å². The highest BCUT2D eigenvalue weighted by atomic mass is 35.5. The number of carbonyl (C=O) groups is 1. The predicted molar refractivity (Wildman–Crippen MR) is 108 cm³/mol. The highest BCUT2D eigenvalue weighted by Gasteiger charge is 2.33. The Morgan fingerprint density at radius 3 is 2.79 bits per heavy atom. The van der Waals surface area contributed by atoms with Crippen LogP contribution in [0.25, 0.3) is 0 Å². The second-order valence-electron chi connectivity index (χ2n) is 7.06. The number of sulfonamides is 1. The van der Waals surface area contributed by atoms with Gasteiger partial charge in [-0.2, -0.15) is 4.31 Å². The molecule has 0 aromatic heterocycles. The third-order valence-electron chi connectivity index (χ3n) is 4.59. The zero-order chi connectivity index (χ0) is 20.7. The highest BCUT2D eigenvalue weighted by Crippen LogP contribution is 2.30. The Hall–Kier alpha value is -1.35. The van der Waals surface area contributed by atoms with Gasteiger partial charge in [-0.25, -0.2) is 8.42 Å². The van der Waals surface area contributed by atoms with Crippen LogP contribution in [0.2, 0.25) is 5.02 Å². The Morgan fingerprint density at radius 1 is 1.39 bits per heavy atom. The minimum absolute atomic E-state index is 0.102. The number of benzene rings is 1. The number of rotatable bonds is 9. The van der Waals surface area contributed by atoms with E-state index in [1.54, 1.807) is 0 Å². The summed E-state index contributed by atoms with van der Waals surface area (Å²) in [6, 6.07) is 4.38. The van der Waals surface area contributed by atoms with E-state index in [-0.39, 0.29) is 34.4 Å². The van der Waals surface area contributed by atoms with E-state index in [1.165, 1.54) is 29.6 Å². The Bertz CT molecular complexity index is 770. The molecule has 7 nitrogen and oxygen atoms in total. The van der Waals surface area contributed by atoms with Crippen molar-refractivity contribution < 1.29 is 22.7 Å². The van der Waals surface area contributed by atoms with Crippen molar-refractivity contribution in [2.45, 2.75) is 44.1 Å². The first-order valence-electron chi connectivity index (χ1n) is 9.48. The Kier molecular flexibility index (Phi) is 8.55. The molecule has 2 rings (SSSR count). The molecule has 9 heteroatoms. The van der Waals surface area contributed by atoms with Crippen molar-refractivity contribution in [3.8, 4) is 5.75 Å². The molecular formula is C19H29ClN2O5S. The second-order valence-corrected chi connectivity index (χ2v) is 9.41. The fourth-order valence-corrected chi connectivity index (χ4v) is 4.95. The third kappa shape index (κ3) is 6.07. The molecule has 0 radical (unpaired) electrons. The van der Waals surface area contributed by atoms with Gasteiger partial charge < -0.3 is 14.8 Å². The number of methoxy groups -OCH3 is 1. The average molecular weight is 433 g/mol. The van der Waals surface area contributed by atoms with E-state index in [0.29, 0.717) is 38.3 Å². The smallest absolute Gasteiger partial charge is 0.243 e. The SMILES string of the molecule is COc1ccc(S(=O)(=O)N2CCC[C@@H](C(=O)NCCCOC(C)C)C2)cc1Cl. The van der Waals surface area contributed by atoms with E-state index >= 15 is 0 Å². The summed E-state index contributed by atoms with van der Waals surface area (Å²) in [5.74, 6) is -0.0570. The summed E-state index contributed by atoms with van der Waals surface area (Å²) in [6.45, 7) is 5.58. The molecule has 1 aliphatic heterocycles. The minimum Gasteiger partial charge on any atom is -0.495 e. The van der Waals surface area contributed by atoms with Crippen LogP contribution in [-0.2, 0) is 19.6 Å². The minimum atomic E-state index is -3.72. The molecule has 1 aromatic carbocycles. The van der Waals surface area contributed by atoms with Crippen LogP contribution in [0.1, 0.15) is 33.1 Å².